The summed E-state index contributed by atoms with van der Waals surface area (Å²) in [5, 5.41) is 9.37. The van der Waals surface area contributed by atoms with Crippen LogP contribution in [0, 0.1) is 12.8 Å². The van der Waals surface area contributed by atoms with Gasteiger partial charge in [0.25, 0.3) is 5.56 Å². The molecule has 0 saturated carbocycles. The Hall–Kier alpha value is -2.09. The van der Waals surface area contributed by atoms with Gasteiger partial charge in [0.05, 0.1) is 13.2 Å². The second-order valence-electron chi connectivity index (χ2n) is 5.71. The number of hydrogen-bond donors (Lipinski definition) is 2. The zero-order chi connectivity index (χ0) is 16.4. The van der Waals surface area contributed by atoms with Crippen molar-refractivity contribution in [3.8, 4) is 0 Å². The van der Waals surface area contributed by atoms with E-state index in [0.717, 1.165) is 4.57 Å². The fourth-order valence-corrected chi connectivity index (χ4v) is 2.75. The van der Waals surface area contributed by atoms with E-state index in [2.05, 4.69) is 4.98 Å². The van der Waals surface area contributed by atoms with E-state index in [4.69, 9.17) is 4.74 Å². The van der Waals surface area contributed by atoms with Crippen molar-refractivity contribution in [2.45, 2.75) is 26.8 Å². The average molecular weight is 311 g/mol. The van der Waals surface area contributed by atoms with Crippen molar-refractivity contribution in [3.05, 3.63) is 26.5 Å². The fourth-order valence-electron chi connectivity index (χ4n) is 2.75. The molecule has 1 aliphatic rings. The smallest absolute Gasteiger partial charge is 0.329 e. The van der Waals surface area contributed by atoms with E-state index in [1.165, 1.54) is 0 Å². The van der Waals surface area contributed by atoms with Crippen LogP contribution in [0.3, 0.4) is 0 Å². The van der Waals surface area contributed by atoms with E-state index in [1.807, 2.05) is 4.90 Å². The number of aryl methyl sites for hydroxylation is 1. The lowest BCUT2D eigenvalue weighted by atomic mass is 10.0. The van der Waals surface area contributed by atoms with Gasteiger partial charge in [0.1, 0.15) is 11.7 Å². The van der Waals surface area contributed by atoms with E-state index in [-0.39, 0.29) is 0 Å². The van der Waals surface area contributed by atoms with Gasteiger partial charge < -0.3 is 19.7 Å². The molecule has 0 amide bonds. The lowest BCUT2D eigenvalue weighted by Gasteiger charge is -2.30. The molecule has 0 bridgehead atoms. The van der Waals surface area contributed by atoms with Gasteiger partial charge in [-0.15, -0.1) is 0 Å². The van der Waals surface area contributed by atoms with Gasteiger partial charge >= 0.3 is 11.7 Å². The van der Waals surface area contributed by atoms with Crippen molar-refractivity contribution in [1.82, 2.24) is 9.55 Å². The summed E-state index contributed by atoms with van der Waals surface area (Å²) in [7, 11) is 0. The average Bonchev–Trinajstić information content (AvgIpc) is 2.43. The molecule has 122 valence electrons. The number of aliphatic carboxylic acids is 1. The summed E-state index contributed by atoms with van der Waals surface area (Å²) < 4.78 is 6.07. The number of hydrogen-bond acceptors (Lipinski definition) is 5. The van der Waals surface area contributed by atoms with Gasteiger partial charge in [0, 0.05) is 18.8 Å². The molecule has 8 heteroatoms. The van der Waals surface area contributed by atoms with Crippen LogP contribution in [0.1, 0.15) is 25.6 Å². The van der Waals surface area contributed by atoms with E-state index in [0.29, 0.717) is 37.7 Å². The maximum absolute atomic E-state index is 12.8. The maximum atomic E-state index is 12.8. The Bertz CT molecular complexity index is 670. The number of carboxylic acids is 1. The minimum Gasteiger partial charge on any atom is -0.480 e. The van der Waals surface area contributed by atoms with Gasteiger partial charge in [0.2, 0.25) is 0 Å². The highest BCUT2D eigenvalue weighted by Crippen LogP contribution is 2.18. The van der Waals surface area contributed by atoms with Crippen LogP contribution < -0.4 is 16.1 Å². The summed E-state index contributed by atoms with van der Waals surface area (Å²) in [5.41, 5.74) is -0.472. The number of ether oxygens (including phenoxy) is 1. The van der Waals surface area contributed by atoms with Crippen LogP contribution in [-0.4, -0.2) is 46.9 Å². The highest BCUT2D eigenvalue weighted by Gasteiger charge is 2.29. The van der Waals surface area contributed by atoms with Crippen molar-refractivity contribution in [1.29, 1.82) is 0 Å². The topological polar surface area (TPSA) is 105 Å². The number of H-pyrrole nitrogens is 1. The van der Waals surface area contributed by atoms with E-state index in [9.17, 15) is 19.5 Å². The molecule has 8 nitrogen and oxygen atoms in total. The lowest BCUT2D eigenvalue weighted by Crippen LogP contribution is -2.48. The monoisotopic (exact) mass is 311 g/mol. The molecule has 0 aliphatic carbocycles. The highest BCUT2D eigenvalue weighted by atomic mass is 16.5. The zero-order valence-electron chi connectivity index (χ0n) is 13.0. The standard InChI is InChI=1S/C14H21N3O5/c1-8(2)10(13(19)20)17-12(18)11(9(3)15-14(17)21)16-4-6-22-7-5-16/h8,10H,4-7H2,1-3H3,(H,15,21)(H,19,20)/t10-/m0/s1. The third-order valence-corrected chi connectivity index (χ3v) is 3.78. The minimum absolute atomic E-state index is 0.342. The second-order valence-corrected chi connectivity index (χ2v) is 5.71. The molecule has 1 saturated heterocycles. The van der Waals surface area contributed by atoms with Crippen LogP contribution in [0.25, 0.3) is 0 Å². The fraction of sp³-hybridized carbons (Fsp3) is 0.643. The van der Waals surface area contributed by atoms with Crippen LogP contribution in [0.5, 0.6) is 0 Å². The molecule has 1 aromatic rings. The first-order chi connectivity index (χ1) is 10.3. The van der Waals surface area contributed by atoms with Gasteiger partial charge in [-0.3, -0.25) is 4.79 Å². The summed E-state index contributed by atoms with van der Waals surface area (Å²) in [4.78, 5) is 40.8. The number of carbonyl (C=O) groups is 1. The summed E-state index contributed by atoms with van der Waals surface area (Å²) >= 11 is 0. The predicted octanol–water partition coefficient (Wildman–Crippen LogP) is -0.0367. The number of aromatic amines is 1. The Labute approximate surface area is 127 Å². The number of morpholine rings is 1. The number of aromatic nitrogens is 2. The molecule has 1 aliphatic heterocycles. The van der Waals surface area contributed by atoms with Crippen LogP contribution >= 0.6 is 0 Å². The molecule has 0 aromatic carbocycles. The summed E-state index contributed by atoms with van der Waals surface area (Å²) in [6.07, 6.45) is 0. The Morgan fingerprint density at radius 2 is 1.86 bits per heavy atom. The molecule has 22 heavy (non-hydrogen) atoms. The van der Waals surface area contributed by atoms with Gasteiger partial charge in [-0.1, -0.05) is 13.8 Å². The van der Waals surface area contributed by atoms with Crippen molar-refractivity contribution in [3.63, 3.8) is 0 Å². The molecule has 2 rings (SSSR count). The van der Waals surface area contributed by atoms with Crippen molar-refractivity contribution in [2.75, 3.05) is 31.2 Å². The van der Waals surface area contributed by atoms with E-state index < -0.39 is 29.2 Å². The van der Waals surface area contributed by atoms with Crippen molar-refractivity contribution in [2.24, 2.45) is 5.92 Å². The number of carboxylic acid groups (broad SMARTS) is 1. The first-order valence-electron chi connectivity index (χ1n) is 7.25. The molecule has 0 spiro atoms. The Balaban J connectivity index is 2.63. The van der Waals surface area contributed by atoms with Gasteiger partial charge in [-0.25, -0.2) is 14.2 Å². The minimum atomic E-state index is -1.20. The molecule has 0 unspecified atom stereocenters. The van der Waals surface area contributed by atoms with Crippen LogP contribution in [0.4, 0.5) is 5.69 Å². The first kappa shape index (κ1) is 16.3. The molecular weight excluding hydrogens is 290 g/mol. The molecule has 2 heterocycles. The van der Waals surface area contributed by atoms with Crippen molar-refractivity contribution >= 4 is 11.7 Å². The molecule has 1 aromatic heterocycles. The Morgan fingerprint density at radius 3 is 2.36 bits per heavy atom. The van der Waals surface area contributed by atoms with Crippen LogP contribution in [0.15, 0.2) is 9.59 Å². The molecule has 1 atom stereocenters. The summed E-state index contributed by atoms with van der Waals surface area (Å²) in [6.45, 7) is 7.01. The van der Waals surface area contributed by atoms with Crippen LogP contribution in [-0.2, 0) is 9.53 Å². The Kier molecular flexibility index (Phi) is 4.70. The Morgan fingerprint density at radius 1 is 1.27 bits per heavy atom. The number of nitrogens with one attached hydrogen (secondary N) is 1. The summed E-state index contributed by atoms with van der Waals surface area (Å²) in [6, 6.07) is -1.20. The third kappa shape index (κ3) is 2.92. The molecule has 2 N–H and O–H groups in total. The largest absolute Gasteiger partial charge is 0.480 e. The number of nitrogens with zero attached hydrogens (tertiary/aromatic N) is 2. The number of rotatable bonds is 4. The third-order valence-electron chi connectivity index (χ3n) is 3.78. The van der Waals surface area contributed by atoms with Gasteiger partial charge in [-0.2, -0.15) is 0 Å². The van der Waals surface area contributed by atoms with Gasteiger partial charge in [0.15, 0.2) is 0 Å². The zero-order valence-corrected chi connectivity index (χ0v) is 13.0. The van der Waals surface area contributed by atoms with E-state index >= 15 is 0 Å². The second kappa shape index (κ2) is 6.35. The molecule has 1 fully saturated rings. The highest BCUT2D eigenvalue weighted by molar-refractivity contribution is 5.72. The maximum Gasteiger partial charge on any atom is 0.329 e. The molecule has 0 radical (unpaired) electrons. The quantitative estimate of drug-likeness (QED) is 0.808. The first-order valence-corrected chi connectivity index (χ1v) is 7.25. The van der Waals surface area contributed by atoms with Gasteiger partial charge in [-0.05, 0) is 12.8 Å². The van der Waals surface area contributed by atoms with Crippen LogP contribution in [0.2, 0.25) is 0 Å². The summed E-state index contributed by atoms with van der Waals surface area (Å²) in [5.74, 6) is -1.59. The number of anilines is 1. The van der Waals surface area contributed by atoms with E-state index in [1.54, 1.807) is 20.8 Å². The SMILES string of the molecule is Cc1[nH]c(=O)n([C@H](C(=O)O)C(C)C)c(=O)c1N1CCOCC1. The predicted molar refractivity (Wildman–Crippen MR) is 80.6 cm³/mol. The van der Waals surface area contributed by atoms with Crippen molar-refractivity contribution < 1.29 is 14.6 Å². The molecular formula is C14H21N3O5. The lowest BCUT2D eigenvalue weighted by molar-refractivity contribution is -0.142. The normalized spacial score (nSPS) is 16.8.